The molecule has 3 N–H and O–H groups in total. The van der Waals surface area contributed by atoms with E-state index in [1.165, 1.54) is 18.2 Å². The normalized spacial score (nSPS) is 14.3. The Kier molecular flexibility index (Phi) is 5.39. The highest BCUT2D eigenvalue weighted by molar-refractivity contribution is 7.86. The molecule has 0 aromatic heterocycles. The largest absolute Gasteiger partial charge is 0.480 e. The molecule has 94 valence electrons. The highest BCUT2D eigenvalue weighted by atomic mass is 35.5. The molecule has 4 nitrogen and oxygen atoms in total. The molecule has 0 spiro atoms. The van der Waals surface area contributed by atoms with E-state index >= 15 is 0 Å². The topological polar surface area (TPSA) is 80.4 Å². The van der Waals surface area contributed by atoms with Crippen LogP contribution in [-0.2, 0) is 15.6 Å². The van der Waals surface area contributed by atoms with Gasteiger partial charge in [-0.15, -0.1) is 0 Å². The minimum absolute atomic E-state index is 0.141. The molecule has 0 saturated heterocycles. The summed E-state index contributed by atoms with van der Waals surface area (Å²) in [5.41, 5.74) is 5.29. The molecule has 0 radical (unpaired) electrons. The fourth-order valence-electron chi connectivity index (χ4n) is 1.24. The van der Waals surface area contributed by atoms with Crippen molar-refractivity contribution in [2.75, 3.05) is 6.54 Å². The van der Waals surface area contributed by atoms with Gasteiger partial charge in [-0.1, -0.05) is 23.2 Å². The Labute approximate surface area is 111 Å². The fraction of sp³-hybridized carbons (Fsp3) is 0.300. The Hall–Kier alpha value is -0.620. The lowest BCUT2D eigenvalue weighted by Crippen LogP contribution is -2.28. The Balaban J connectivity index is 3.01. The first-order valence-corrected chi connectivity index (χ1v) is 6.72. The molecule has 0 amide bonds. The minimum atomic E-state index is -1.69. The summed E-state index contributed by atoms with van der Waals surface area (Å²) in [6.45, 7) is 0.157. The van der Waals surface area contributed by atoms with Gasteiger partial charge in [0.25, 0.3) is 0 Å². The molecule has 0 heterocycles. The van der Waals surface area contributed by atoms with E-state index in [1.54, 1.807) is 0 Å². The van der Waals surface area contributed by atoms with Gasteiger partial charge in [-0.2, -0.15) is 0 Å². The van der Waals surface area contributed by atoms with Gasteiger partial charge in [-0.05, 0) is 31.2 Å². The Bertz CT molecular complexity index is 453. The summed E-state index contributed by atoms with van der Waals surface area (Å²) < 4.78 is 12.0. The van der Waals surface area contributed by atoms with E-state index in [0.717, 1.165) is 0 Å². The molecule has 0 aliphatic rings. The van der Waals surface area contributed by atoms with Gasteiger partial charge in [-0.3, -0.25) is 9.00 Å². The molecule has 0 aliphatic heterocycles. The summed E-state index contributed by atoms with van der Waals surface area (Å²) in [5, 5.41) is 8.50. The van der Waals surface area contributed by atoms with Crippen molar-refractivity contribution < 1.29 is 14.1 Å². The van der Waals surface area contributed by atoms with Gasteiger partial charge < -0.3 is 10.8 Å². The third-order valence-corrected chi connectivity index (χ3v) is 4.50. The molecule has 2 unspecified atom stereocenters. The molecule has 0 bridgehead atoms. The molecule has 1 aromatic rings. The first kappa shape index (κ1) is 14.4. The van der Waals surface area contributed by atoms with Crippen LogP contribution in [0.15, 0.2) is 23.1 Å². The van der Waals surface area contributed by atoms with Gasteiger partial charge in [-0.25, -0.2) is 0 Å². The lowest BCUT2D eigenvalue weighted by Gasteiger charge is -2.11. The van der Waals surface area contributed by atoms with Crippen LogP contribution in [0, 0.1) is 0 Å². The van der Waals surface area contributed by atoms with Gasteiger partial charge in [0.05, 0.1) is 20.8 Å². The maximum atomic E-state index is 12.0. The van der Waals surface area contributed by atoms with Crippen LogP contribution in [0.5, 0.6) is 0 Å². The third kappa shape index (κ3) is 3.67. The van der Waals surface area contributed by atoms with Crippen molar-refractivity contribution in [2.24, 2.45) is 5.73 Å². The second-order valence-electron chi connectivity index (χ2n) is 3.28. The van der Waals surface area contributed by atoms with Crippen LogP contribution in [-0.4, -0.2) is 27.1 Å². The average molecular weight is 296 g/mol. The van der Waals surface area contributed by atoms with Gasteiger partial charge >= 0.3 is 5.97 Å². The quantitative estimate of drug-likeness (QED) is 0.869. The van der Waals surface area contributed by atoms with Crippen molar-refractivity contribution in [3.05, 3.63) is 28.2 Å². The zero-order valence-electron chi connectivity index (χ0n) is 8.73. The molecule has 0 fully saturated rings. The van der Waals surface area contributed by atoms with Crippen LogP contribution in [0.1, 0.15) is 6.42 Å². The summed E-state index contributed by atoms with van der Waals surface area (Å²) in [7, 11) is -1.69. The third-order valence-electron chi connectivity index (χ3n) is 2.09. The summed E-state index contributed by atoms with van der Waals surface area (Å²) in [6, 6.07) is 4.39. The van der Waals surface area contributed by atoms with E-state index in [0.29, 0.717) is 9.92 Å². The number of carbonyl (C=O) groups is 1. The number of nitrogens with two attached hydrogens (primary N) is 1. The van der Waals surface area contributed by atoms with Crippen LogP contribution in [0.25, 0.3) is 0 Å². The van der Waals surface area contributed by atoms with Gasteiger partial charge in [0.15, 0.2) is 0 Å². The zero-order chi connectivity index (χ0) is 13.0. The number of carboxylic acids is 1. The van der Waals surface area contributed by atoms with E-state index in [4.69, 9.17) is 34.0 Å². The van der Waals surface area contributed by atoms with Gasteiger partial charge in [0.2, 0.25) is 0 Å². The first-order chi connectivity index (χ1) is 7.97. The molecule has 1 aromatic carbocycles. The summed E-state index contributed by atoms with van der Waals surface area (Å²) in [5.74, 6) is -1.14. The Morgan fingerprint density at radius 3 is 2.53 bits per heavy atom. The van der Waals surface area contributed by atoms with Gasteiger partial charge in [0.1, 0.15) is 5.25 Å². The number of aliphatic carboxylic acids is 1. The van der Waals surface area contributed by atoms with Crippen LogP contribution >= 0.6 is 23.2 Å². The van der Waals surface area contributed by atoms with Crippen LogP contribution in [0.2, 0.25) is 10.0 Å². The molecule has 17 heavy (non-hydrogen) atoms. The van der Waals surface area contributed by atoms with Crippen molar-refractivity contribution in [3.63, 3.8) is 0 Å². The first-order valence-electron chi connectivity index (χ1n) is 4.76. The lowest BCUT2D eigenvalue weighted by molar-refractivity contribution is -0.136. The van der Waals surface area contributed by atoms with E-state index in [9.17, 15) is 9.00 Å². The van der Waals surface area contributed by atoms with Crippen molar-refractivity contribution in [1.82, 2.24) is 0 Å². The van der Waals surface area contributed by atoms with E-state index in [-0.39, 0.29) is 18.0 Å². The second-order valence-corrected chi connectivity index (χ2v) is 5.73. The smallest absolute Gasteiger partial charge is 0.319 e. The number of hydrogen-bond donors (Lipinski definition) is 2. The number of carboxylic acid groups (broad SMARTS) is 1. The summed E-state index contributed by atoms with van der Waals surface area (Å²) >= 11 is 11.5. The van der Waals surface area contributed by atoms with Crippen LogP contribution < -0.4 is 5.73 Å². The molecule has 0 saturated carbocycles. The van der Waals surface area contributed by atoms with Crippen molar-refractivity contribution in [1.29, 1.82) is 0 Å². The molecule has 0 aliphatic carbocycles. The molecule has 2 atom stereocenters. The molecule has 1 rings (SSSR count). The number of halogens is 2. The monoisotopic (exact) mass is 295 g/mol. The number of benzene rings is 1. The van der Waals surface area contributed by atoms with E-state index < -0.39 is 22.0 Å². The fourth-order valence-corrected chi connectivity index (χ4v) is 2.90. The van der Waals surface area contributed by atoms with Crippen LogP contribution in [0.3, 0.4) is 0 Å². The van der Waals surface area contributed by atoms with Crippen molar-refractivity contribution in [3.8, 4) is 0 Å². The highest BCUT2D eigenvalue weighted by Crippen LogP contribution is 2.25. The SMILES string of the molecule is NCCC(C(=O)O)S(=O)c1ccc(Cl)c(Cl)c1. The standard InChI is InChI=1S/C10H11Cl2NO3S/c11-7-2-1-6(5-8(7)12)17(16)9(3-4-13)10(14)15/h1-2,5,9H,3-4,13H2,(H,14,15). The summed E-state index contributed by atoms with van der Waals surface area (Å²) in [6.07, 6.45) is 0.141. The predicted molar refractivity (Wildman–Crippen MR) is 68.0 cm³/mol. The molecule has 7 heteroatoms. The maximum absolute atomic E-state index is 12.0. The van der Waals surface area contributed by atoms with E-state index in [1.807, 2.05) is 0 Å². The van der Waals surface area contributed by atoms with Crippen LogP contribution in [0.4, 0.5) is 0 Å². The Morgan fingerprint density at radius 1 is 1.41 bits per heavy atom. The van der Waals surface area contributed by atoms with Crippen molar-refractivity contribution in [2.45, 2.75) is 16.6 Å². The molecular weight excluding hydrogens is 285 g/mol. The van der Waals surface area contributed by atoms with Gasteiger partial charge in [0, 0.05) is 4.90 Å². The minimum Gasteiger partial charge on any atom is -0.480 e. The summed E-state index contributed by atoms with van der Waals surface area (Å²) in [4.78, 5) is 11.3. The van der Waals surface area contributed by atoms with Crippen molar-refractivity contribution >= 4 is 40.0 Å². The second kappa shape index (κ2) is 6.35. The zero-order valence-corrected chi connectivity index (χ0v) is 11.1. The van der Waals surface area contributed by atoms with E-state index in [2.05, 4.69) is 0 Å². The predicted octanol–water partition coefficient (Wildman–Crippen LogP) is 1.90. The maximum Gasteiger partial charge on any atom is 0.319 e. The highest BCUT2D eigenvalue weighted by Gasteiger charge is 2.25. The average Bonchev–Trinajstić information content (AvgIpc) is 2.28. The number of rotatable bonds is 5. The Morgan fingerprint density at radius 2 is 2.06 bits per heavy atom. The molecular formula is C10H11Cl2NO3S. The lowest BCUT2D eigenvalue weighted by atomic mass is 10.3. The number of hydrogen-bond acceptors (Lipinski definition) is 3.